The van der Waals surface area contributed by atoms with E-state index in [1.807, 2.05) is 37.3 Å². The third-order valence-electron chi connectivity index (χ3n) is 4.75. The second kappa shape index (κ2) is 6.69. The molecular weight excluding hydrogens is 408 g/mol. The van der Waals surface area contributed by atoms with Gasteiger partial charge >= 0.3 is 5.63 Å². The standard InChI is InChI=1S/C22H13ClN2O3S/c1-11-8-19(26)28-17-9-12(6-7-13(11)17)24-22(27)18-10-15-20(29-18)14-4-2-3-5-16(14)25-21(15)23/h2-10H,1H3,(H,24,27). The molecule has 1 N–H and O–H groups in total. The van der Waals surface area contributed by atoms with E-state index in [1.165, 1.54) is 17.4 Å². The molecule has 0 fully saturated rings. The molecule has 2 aromatic carbocycles. The Labute approximate surface area is 173 Å². The number of benzene rings is 2. The average molecular weight is 421 g/mol. The van der Waals surface area contributed by atoms with Crippen LogP contribution in [0.1, 0.15) is 15.2 Å². The zero-order valence-electron chi connectivity index (χ0n) is 15.2. The molecule has 0 atom stereocenters. The van der Waals surface area contributed by atoms with Gasteiger partial charge in [0, 0.05) is 38.7 Å². The van der Waals surface area contributed by atoms with Crippen molar-refractivity contribution in [3.05, 3.63) is 80.6 Å². The molecule has 142 valence electrons. The molecule has 0 aliphatic carbocycles. The van der Waals surface area contributed by atoms with E-state index >= 15 is 0 Å². The van der Waals surface area contributed by atoms with Crippen LogP contribution >= 0.6 is 22.9 Å². The topological polar surface area (TPSA) is 72.2 Å². The van der Waals surface area contributed by atoms with Gasteiger partial charge < -0.3 is 9.73 Å². The molecule has 0 bridgehead atoms. The van der Waals surface area contributed by atoms with Gasteiger partial charge in [0.05, 0.1) is 10.4 Å². The highest BCUT2D eigenvalue weighted by Gasteiger charge is 2.16. The number of halogens is 1. The van der Waals surface area contributed by atoms with Gasteiger partial charge in [-0.05, 0) is 36.8 Å². The number of amides is 1. The number of nitrogens with zero attached hydrogens (tertiary/aromatic N) is 1. The Morgan fingerprint density at radius 1 is 1.07 bits per heavy atom. The highest BCUT2D eigenvalue weighted by molar-refractivity contribution is 7.22. The molecule has 0 aliphatic rings. The van der Waals surface area contributed by atoms with Gasteiger partial charge in [-0.15, -0.1) is 11.3 Å². The SMILES string of the molecule is Cc1cc(=O)oc2cc(NC(=O)c3cc4c(Cl)nc5ccccc5c4s3)ccc12. The van der Waals surface area contributed by atoms with Crippen molar-refractivity contribution in [1.29, 1.82) is 0 Å². The number of anilines is 1. The fourth-order valence-corrected chi connectivity index (χ4v) is 4.77. The normalized spacial score (nSPS) is 11.4. The van der Waals surface area contributed by atoms with E-state index in [0.717, 1.165) is 31.9 Å². The summed E-state index contributed by atoms with van der Waals surface area (Å²) < 4.78 is 6.17. The molecule has 0 saturated carbocycles. The zero-order valence-corrected chi connectivity index (χ0v) is 16.7. The van der Waals surface area contributed by atoms with Crippen LogP contribution in [-0.2, 0) is 0 Å². The van der Waals surface area contributed by atoms with Gasteiger partial charge in [0.1, 0.15) is 10.7 Å². The van der Waals surface area contributed by atoms with Crippen molar-refractivity contribution < 1.29 is 9.21 Å². The lowest BCUT2D eigenvalue weighted by Gasteiger charge is -2.06. The smallest absolute Gasteiger partial charge is 0.336 e. The monoisotopic (exact) mass is 420 g/mol. The number of fused-ring (bicyclic) bond motifs is 4. The van der Waals surface area contributed by atoms with Crippen LogP contribution in [-0.4, -0.2) is 10.9 Å². The summed E-state index contributed by atoms with van der Waals surface area (Å²) >= 11 is 7.70. The molecule has 0 aliphatic heterocycles. The van der Waals surface area contributed by atoms with Crippen molar-refractivity contribution in [2.24, 2.45) is 0 Å². The predicted octanol–water partition coefficient (Wildman–Crippen LogP) is 5.77. The lowest BCUT2D eigenvalue weighted by molar-refractivity contribution is 0.103. The number of para-hydroxylation sites is 1. The Bertz CT molecular complexity index is 1500. The number of rotatable bonds is 2. The number of hydrogen-bond donors (Lipinski definition) is 1. The number of carbonyl (C=O) groups excluding carboxylic acids is 1. The third kappa shape index (κ3) is 3.06. The summed E-state index contributed by atoms with van der Waals surface area (Å²) in [6.45, 7) is 1.84. The first-order valence-corrected chi connectivity index (χ1v) is 10.0. The number of hydrogen-bond acceptors (Lipinski definition) is 5. The summed E-state index contributed by atoms with van der Waals surface area (Å²) in [5, 5.41) is 5.77. The van der Waals surface area contributed by atoms with Crippen LogP contribution in [0.25, 0.3) is 32.0 Å². The lowest BCUT2D eigenvalue weighted by atomic mass is 10.1. The number of pyridine rings is 1. The number of aryl methyl sites for hydroxylation is 1. The summed E-state index contributed by atoms with van der Waals surface area (Å²) in [5.74, 6) is -0.263. The van der Waals surface area contributed by atoms with Gasteiger partial charge in [-0.1, -0.05) is 29.8 Å². The van der Waals surface area contributed by atoms with Crippen molar-refractivity contribution in [3.8, 4) is 0 Å². The maximum absolute atomic E-state index is 12.8. The van der Waals surface area contributed by atoms with Crippen molar-refractivity contribution in [2.45, 2.75) is 6.92 Å². The summed E-state index contributed by atoms with van der Waals surface area (Å²) in [5.41, 5.74) is 2.17. The second-order valence-corrected chi connectivity index (χ2v) is 8.10. The van der Waals surface area contributed by atoms with Crippen LogP contribution in [0.15, 0.2) is 63.8 Å². The molecular formula is C22H13ClN2O3S. The first-order chi connectivity index (χ1) is 14.0. The number of nitrogens with one attached hydrogen (secondary N) is 1. The largest absolute Gasteiger partial charge is 0.423 e. The van der Waals surface area contributed by atoms with Gasteiger partial charge in [0.25, 0.3) is 5.91 Å². The highest BCUT2D eigenvalue weighted by Crippen LogP contribution is 2.36. The van der Waals surface area contributed by atoms with Crippen LogP contribution in [0.2, 0.25) is 5.15 Å². The van der Waals surface area contributed by atoms with Crippen molar-refractivity contribution in [3.63, 3.8) is 0 Å². The third-order valence-corrected chi connectivity index (χ3v) is 6.21. The van der Waals surface area contributed by atoms with E-state index in [0.29, 0.717) is 21.3 Å². The first kappa shape index (κ1) is 17.8. The Hall–Kier alpha value is -3.22. The molecule has 0 spiro atoms. The Kier molecular flexibility index (Phi) is 4.12. The fourth-order valence-electron chi connectivity index (χ4n) is 3.38. The van der Waals surface area contributed by atoms with E-state index < -0.39 is 5.63 Å². The molecule has 0 radical (unpaired) electrons. The van der Waals surface area contributed by atoms with E-state index in [2.05, 4.69) is 10.3 Å². The van der Waals surface area contributed by atoms with E-state index in [9.17, 15) is 9.59 Å². The van der Waals surface area contributed by atoms with Crippen LogP contribution in [0.5, 0.6) is 0 Å². The molecule has 5 nitrogen and oxygen atoms in total. The van der Waals surface area contributed by atoms with E-state index in [4.69, 9.17) is 16.0 Å². The van der Waals surface area contributed by atoms with Gasteiger partial charge in [0.15, 0.2) is 0 Å². The summed E-state index contributed by atoms with van der Waals surface area (Å²) in [4.78, 5) is 29.4. The maximum atomic E-state index is 12.8. The predicted molar refractivity (Wildman–Crippen MR) is 117 cm³/mol. The fraction of sp³-hybridized carbons (Fsp3) is 0.0455. The zero-order chi connectivity index (χ0) is 20.1. The van der Waals surface area contributed by atoms with Gasteiger partial charge in [-0.3, -0.25) is 4.79 Å². The van der Waals surface area contributed by atoms with Crippen molar-refractivity contribution >= 4 is 66.5 Å². The number of carbonyl (C=O) groups is 1. The van der Waals surface area contributed by atoms with Crippen LogP contribution in [0.3, 0.4) is 0 Å². The van der Waals surface area contributed by atoms with Crippen LogP contribution < -0.4 is 10.9 Å². The van der Waals surface area contributed by atoms with Crippen LogP contribution in [0.4, 0.5) is 5.69 Å². The maximum Gasteiger partial charge on any atom is 0.336 e. The highest BCUT2D eigenvalue weighted by atomic mass is 35.5. The Morgan fingerprint density at radius 2 is 1.90 bits per heavy atom. The molecule has 1 amide bonds. The minimum absolute atomic E-state index is 0.263. The van der Waals surface area contributed by atoms with Gasteiger partial charge in [-0.25, -0.2) is 9.78 Å². The van der Waals surface area contributed by atoms with Crippen molar-refractivity contribution in [1.82, 2.24) is 4.98 Å². The summed E-state index contributed by atoms with van der Waals surface area (Å²) in [6, 6.07) is 16.1. The minimum atomic E-state index is -0.419. The first-order valence-electron chi connectivity index (χ1n) is 8.83. The summed E-state index contributed by atoms with van der Waals surface area (Å²) in [7, 11) is 0. The van der Waals surface area contributed by atoms with E-state index in [-0.39, 0.29) is 5.91 Å². The Morgan fingerprint density at radius 3 is 2.76 bits per heavy atom. The summed E-state index contributed by atoms with van der Waals surface area (Å²) in [6.07, 6.45) is 0. The quantitative estimate of drug-likeness (QED) is 0.290. The van der Waals surface area contributed by atoms with Gasteiger partial charge in [-0.2, -0.15) is 0 Å². The molecule has 0 unspecified atom stereocenters. The van der Waals surface area contributed by atoms with Crippen molar-refractivity contribution in [2.75, 3.05) is 5.32 Å². The molecule has 5 aromatic rings. The molecule has 5 rings (SSSR count). The molecule has 3 heterocycles. The number of aromatic nitrogens is 1. The number of thiophene rings is 1. The van der Waals surface area contributed by atoms with E-state index in [1.54, 1.807) is 18.2 Å². The second-order valence-electron chi connectivity index (χ2n) is 6.69. The minimum Gasteiger partial charge on any atom is -0.423 e. The van der Waals surface area contributed by atoms with Crippen LogP contribution in [0, 0.1) is 6.92 Å². The average Bonchev–Trinajstić information content (AvgIpc) is 3.14. The molecule has 3 aromatic heterocycles. The molecule has 29 heavy (non-hydrogen) atoms. The van der Waals surface area contributed by atoms with Gasteiger partial charge in [0.2, 0.25) is 0 Å². The molecule has 7 heteroatoms. The Balaban J connectivity index is 1.55. The molecule has 0 saturated heterocycles. The lowest BCUT2D eigenvalue weighted by Crippen LogP contribution is -2.10.